The molecule has 1 rings (SSSR count). The van der Waals surface area contributed by atoms with Gasteiger partial charge in [0.1, 0.15) is 16.5 Å². The van der Waals surface area contributed by atoms with E-state index in [1.54, 1.807) is 6.08 Å². The monoisotopic (exact) mass is 371 g/mol. The zero-order valence-corrected chi connectivity index (χ0v) is 13.0. The van der Waals surface area contributed by atoms with E-state index in [0.717, 1.165) is 6.07 Å². The molecule has 0 aliphatic carbocycles. The van der Waals surface area contributed by atoms with Crippen LogP contribution in [0, 0.1) is 11.6 Å². The minimum Gasteiger partial charge on any atom is -0.210 e. The Bertz CT molecular complexity index is 541. The van der Waals surface area contributed by atoms with E-state index in [9.17, 15) is 17.2 Å². The first-order valence-electron chi connectivity index (χ1n) is 5.21. The number of benzene rings is 1. The highest BCUT2D eigenvalue weighted by Crippen LogP contribution is 2.25. The number of sulfonamides is 1. The van der Waals surface area contributed by atoms with Crippen LogP contribution >= 0.6 is 27.7 Å². The number of thioether (sulfide) groups is 1. The highest BCUT2D eigenvalue weighted by atomic mass is 79.9. The Morgan fingerprint density at radius 3 is 2.68 bits per heavy atom. The molecule has 0 bridgehead atoms. The highest BCUT2D eigenvalue weighted by molar-refractivity contribution is 9.10. The number of rotatable bonds is 7. The lowest BCUT2D eigenvalue weighted by Crippen LogP contribution is -2.27. The summed E-state index contributed by atoms with van der Waals surface area (Å²) in [5.74, 6) is -0.731. The molecule has 1 aromatic rings. The Hall–Kier alpha value is -0.440. The third kappa shape index (κ3) is 4.87. The predicted octanol–water partition coefficient (Wildman–Crippen LogP) is 2.92. The highest BCUT2D eigenvalue weighted by Gasteiger charge is 2.23. The molecular formula is C11H12BrF2NO2S2. The number of halogens is 3. The third-order valence-corrected chi connectivity index (χ3v) is 5.39. The lowest BCUT2D eigenvalue weighted by Gasteiger charge is -2.09. The topological polar surface area (TPSA) is 46.2 Å². The van der Waals surface area contributed by atoms with Gasteiger partial charge < -0.3 is 0 Å². The predicted molar refractivity (Wildman–Crippen MR) is 76.8 cm³/mol. The minimum absolute atomic E-state index is 0.142. The summed E-state index contributed by atoms with van der Waals surface area (Å²) in [4.78, 5) is -0.581. The maximum absolute atomic E-state index is 13.5. The first-order valence-corrected chi connectivity index (χ1v) is 8.64. The molecule has 0 aliphatic rings. The van der Waals surface area contributed by atoms with Gasteiger partial charge in [0, 0.05) is 28.6 Å². The molecule has 0 atom stereocenters. The molecule has 0 unspecified atom stereocenters. The molecule has 0 amide bonds. The summed E-state index contributed by atoms with van der Waals surface area (Å²) >= 11 is 4.34. The van der Waals surface area contributed by atoms with Crippen molar-refractivity contribution in [3.63, 3.8) is 0 Å². The van der Waals surface area contributed by atoms with Crippen molar-refractivity contribution in [3.05, 3.63) is 40.9 Å². The fraction of sp³-hybridized carbons (Fsp3) is 0.273. The average Bonchev–Trinajstić information content (AvgIpc) is 2.26. The van der Waals surface area contributed by atoms with Gasteiger partial charge in [0.25, 0.3) is 0 Å². The van der Waals surface area contributed by atoms with E-state index in [1.165, 1.54) is 11.8 Å². The summed E-state index contributed by atoms with van der Waals surface area (Å²) in [5.41, 5.74) is 0. The Balaban J connectivity index is 2.80. The van der Waals surface area contributed by atoms with Gasteiger partial charge in [-0.15, -0.1) is 6.58 Å². The van der Waals surface area contributed by atoms with E-state index >= 15 is 0 Å². The molecule has 1 N–H and O–H groups in total. The van der Waals surface area contributed by atoms with Gasteiger partial charge in [-0.1, -0.05) is 6.08 Å². The summed E-state index contributed by atoms with van der Waals surface area (Å²) in [6.45, 7) is 3.69. The first kappa shape index (κ1) is 16.6. The quantitative estimate of drug-likeness (QED) is 0.592. The van der Waals surface area contributed by atoms with Crippen LogP contribution in [0.3, 0.4) is 0 Å². The molecule has 0 heterocycles. The fourth-order valence-corrected chi connectivity index (χ4v) is 4.18. The molecule has 0 saturated carbocycles. The zero-order valence-electron chi connectivity index (χ0n) is 9.83. The van der Waals surface area contributed by atoms with E-state index in [0.29, 0.717) is 17.6 Å². The Kier molecular flexibility index (Phi) is 6.45. The van der Waals surface area contributed by atoms with Gasteiger partial charge in [0.15, 0.2) is 0 Å². The normalized spacial score (nSPS) is 11.5. The summed E-state index contributed by atoms with van der Waals surface area (Å²) in [6, 6.07) is 1.44. The molecule has 0 spiro atoms. The van der Waals surface area contributed by atoms with Crippen molar-refractivity contribution >= 4 is 37.7 Å². The fourth-order valence-electron chi connectivity index (χ4n) is 1.27. The van der Waals surface area contributed by atoms with Gasteiger partial charge in [-0.3, -0.25) is 0 Å². The summed E-state index contributed by atoms with van der Waals surface area (Å²) < 4.78 is 52.3. The van der Waals surface area contributed by atoms with Crippen LogP contribution in [-0.4, -0.2) is 26.5 Å². The molecule has 8 heteroatoms. The second kappa shape index (κ2) is 7.37. The summed E-state index contributed by atoms with van der Waals surface area (Å²) in [5, 5.41) is 0. The number of hydrogen-bond acceptors (Lipinski definition) is 3. The van der Waals surface area contributed by atoms with Gasteiger partial charge in [-0.05, 0) is 22.0 Å². The molecule has 0 aliphatic heterocycles. The van der Waals surface area contributed by atoms with E-state index in [1.807, 2.05) is 0 Å². The van der Waals surface area contributed by atoms with Gasteiger partial charge in [-0.2, -0.15) is 11.8 Å². The third-order valence-electron chi connectivity index (χ3n) is 2.01. The largest absolute Gasteiger partial charge is 0.244 e. The van der Waals surface area contributed by atoms with Crippen LogP contribution in [-0.2, 0) is 10.0 Å². The number of nitrogens with one attached hydrogen (secondary N) is 1. The van der Waals surface area contributed by atoms with E-state index in [4.69, 9.17) is 0 Å². The SMILES string of the molecule is C=CCSCCNS(=O)(=O)c1c(F)cc(F)cc1Br. The van der Waals surface area contributed by atoms with Crippen LogP contribution in [0.2, 0.25) is 0 Å². The van der Waals surface area contributed by atoms with Crippen molar-refractivity contribution in [2.45, 2.75) is 4.90 Å². The van der Waals surface area contributed by atoms with Crippen molar-refractivity contribution in [2.75, 3.05) is 18.1 Å². The molecule has 0 radical (unpaired) electrons. The van der Waals surface area contributed by atoms with E-state index in [2.05, 4.69) is 27.2 Å². The lowest BCUT2D eigenvalue weighted by molar-refractivity contribution is 0.542. The molecule has 19 heavy (non-hydrogen) atoms. The molecule has 3 nitrogen and oxygen atoms in total. The van der Waals surface area contributed by atoms with Gasteiger partial charge in [-0.25, -0.2) is 21.9 Å². The first-order chi connectivity index (χ1) is 8.88. The minimum atomic E-state index is -4.00. The van der Waals surface area contributed by atoms with Crippen LogP contribution in [0.1, 0.15) is 0 Å². The van der Waals surface area contributed by atoms with Crippen LogP contribution in [0.5, 0.6) is 0 Å². The van der Waals surface area contributed by atoms with Crippen LogP contribution in [0.4, 0.5) is 8.78 Å². The second-order valence-electron chi connectivity index (χ2n) is 3.46. The smallest absolute Gasteiger partial charge is 0.210 e. The van der Waals surface area contributed by atoms with Crippen molar-refractivity contribution in [2.24, 2.45) is 0 Å². The van der Waals surface area contributed by atoms with Gasteiger partial charge >= 0.3 is 0 Å². The second-order valence-corrected chi connectivity index (χ2v) is 7.17. The van der Waals surface area contributed by atoms with Gasteiger partial charge in [0.2, 0.25) is 10.0 Å². The Morgan fingerprint density at radius 2 is 2.11 bits per heavy atom. The van der Waals surface area contributed by atoms with Crippen LogP contribution in [0.15, 0.2) is 34.2 Å². The molecular weight excluding hydrogens is 360 g/mol. The van der Waals surface area contributed by atoms with Gasteiger partial charge in [0.05, 0.1) is 0 Å². The van der Waals surface area contributed by atoms with Crippen molar-refractivity contribution in [1.29, 1.82) is 0 Å². The average molecular weight is 372 g/mol. The zero-order chi connectivity index (χ0) is 14.5. The standard InChI is InChI=1S/C11H12BrF2NO2S2/c1-2-4-18-5-3-15-19(16,17)11-9(12)6-8(13)7-10(11)14/h2,6-7,15H,1,3-5H2. The lowest BCUT2D eigenvalue weighted by atomic mass is 10.3. The maximum atomic E-state index is 13.5. The molecule has 0 fully saturated rings. The van der Waals surface area contributed by atoms with Crippen molar-refractivity contribution in [1.82, 2.24) is 4.72 Å². The number of hydrogen-bond donors (Lipinski definition) is 1. The maximum Gasteiger partial charge on any atom is 0.244 e. The van der Waals surface area contributed by atoms with Crippen LogP contribution in [0.25, 0.3) is 0 Å². The molecule has 0 saturated heterocycles. The summed E-state index contributed by atoms with van der Waals surface area (Å²) in [7, 11) is -4.00. The van der Waals surface area contributed by atoms with Crippen molar-refractivity contribution < 1.29 is 17.2 Å². The van der Waals surface area contributed by atoms with E-state index in [-0.39, 0.29) is 11.0 Å². The molecule has 1 aromatic carbocycles. The van der Waals surface area contributed by atoms with Crippen molar-refractivity contribution in [3.8, 4) is 0 Å². The molecule has 0 aromatic heterocycles. The summed E-state index contributed by atoms with van der Waals surface area (Å²) in [6.07, 6.45) is 1.70. The van der Waals surface area contributed by atoms with Crippen LogP contribution < -0.4 is 4.72 Å². The Labute approximate surface area is 123 Å². The van der Waals surface area contributed by atoms with E-state index < -0.39 is 26.6 Å². The molecule has 106 valence electrons. The Morgan fingerprint density at radius 1 is 1.42 bits per heavy atom.